The van der Waals surface area contributed by atoms with Gasteiger partial charge in [-0.3, -0.25) is 4.79 Å². The third-order valence-electron chi connectivity index (χ3n) is 3.17. The van der Waals surface area contributed by atoms with Crippen LogP contribution in [0, 0.1) is 0 Å². The third-order valence-corrected chi connectivity index (χ3v) is 3.17. The van der Waals surface area contributed by atoms with Crippen molar-refractivity contribution in [1.82, 2.24) is 5.32 Å². The molecule has 1 heterocycles. The predicted octanol–water partition coefficient (Wildman–Crippen LogP) is 1.94. The highest BCUT2D eigenvalue weighted by Gasteiger charge is 2.21. The molecule has 1 amide bonds. The van der Waals surface area contributed by atoms with Gasteiger partial charge in [0, 0.05) is 23.5 Å². The number of carbonyl (C=O) groups is 1. The van der Waals surface area contributed by atoms with Crippen LogP contribution >= 0.6 is 0 Å². The van der Waals surface area contributed by atoms with Gasteiger partial charge < -0.3 is 16.0 Å². The van der Waals surface area contributed by atoms with Gasteiger partial charge >= 0.3 is 0 Å². The Bertz CT molecular complexity index is 477. The van der Waals surface area contributed by atoms with Crippen LogP contribution in [0.15, 0.2) is 18.2 Å². The van der Waals surface area contributed by atoms with Crippen molar-refractivity contribution in [3.05, 3.63) is 23.8 Å². The maximum atomic E-state index is 12.0. The molecule has 1 aromatic rings. The molecule has 4 heteroatoms. The van der Waals surface area contributed by atoms with Crippen molar-refractivity contribution in [3.63, 3.8) is 0 Å². The molecule has 0 spiro atoms. The van der Waals surface area contributed by atoms with Crippen molar-refractivity contribution in [2.24, 2.45) is 0 Å². The van der Waals surface area contributed by atoms with Crippen LogP contribution < -0.4 is 16.0 Å². The fourth-order valence-corrected chi connectivity index (χ4v) is 2.49. The second-order valence-corrected chi connectivity index (χ2v) is 6.21. The van der Waals surface area contributed by atoms with Crippen molar-refractivity contribution in [2.75, 3.05) is 23.7 Å². The van der Waals surface area contributed by atoms with E-state index in [1.54, 1.807) is 0 Å². The van der Waals surface area contributed by atoms with E-state index >= 15 is 0 Å². The first-order valence-electron chi connectivity index (χ1n) is 6.79. The molecule has 1 aliphatic rings. The number of fused-ring (bicyclic) bond motifs is 1. The first kappa shape index (κ1) is 13.7. The molecule has 0 saturated heterocycles. The summed E-state index contributed by atoms with van der Waals surface area (Å²) in [6, 6.07) is 5.94. The van der Waals surface area contributed by atoms with Gasteiger partial charge in [0.25, 0.3) is 0 Å². The number of nitrogen functional groups attached to an aromatic ring is 1. The Hall–Kier alpha value is -1.71. The van der Waals surface area contributed by atoms with Gasteiger partial charge in [0.2, 0.25) is 5.91 Å². The molecule has 0 aliphatic carbocycles. The molecule has 3 N–H and O–H groups in total. The van der Waals surface area contributed by atoms with Crippen molar-refractivity contribution in [1.29, 1.82) is 0 Å². The van der Waals surface area contributed by atoms with Crippen LogP contribution in [0.25, 0.3) is 0 Å². The molecule has 19 heavy (non-hydrogen) atoms. The minimum absolute atomic E-state index is 0.0668. The number of hydrogen-bond donors (Lipinski definition) is 2. The summed E-state index contributed by atoms with van der Waals surface area (Å²) in [7, 11) is 0. The Morgan fingerprint density at radius 1 is 1.42 bits per heavy atom. The minimum Gasteiger partial charge on any atom is -0.399 e. The van der Waals surface area contributed by atoms with E-state index in [4.69, 9.17) is 5.73 Å². The Balaban J connectivity index is 2.09. The van der Waals surface area contributed by atoms with Crippen LogP contribution in [0.4, 0.5) is 11.4 Å². The van der Waals surface area contributed by atoms with Gasteiger partial charge in [0.05, 0.1) is 6.54 Å². The number of rotatable bonds is 2. The SMILES string of the molecule is CC(C)(C)NC(=O)CN1CCCc2cc(N)ccc21. The van der Waals surface area contributed by atoms with Crippen LogP contribution in [0.5, 0.6) is 0 Å². The van der Waals surface area contributed by atoms with Crippen molar-refractivity contribution in [3.8, 4) is 0 Å². The molecule has 1 aromatic carbocycles. The summed E-state index contributed by atoms with van der Waals surface area (Å²) < 4.78 is 0. The molecule has 0 radical (unpaired) electrons. The van der Waals surface area contributed by atoms with Crippen molar-refractivity contribution < 1.29 is 4.79 Å². The van der Waals surface area contributed by atoms with Crippen molar-refractivity contribution >= 4 is 17.3 Å². The first-order valence-corrected chi connectivity index (χ1v) is 6.79. The molecule has 0 bridgehead atoms. The molecule has 1 aliphatic heterocycles. The minimum atomic E-state index is -0.184. The zero-order valence-electron chi connectivity index (χ0n) is 12.0. The lowest BCUT2D eigenvalue weighted by Gasteiger charge is -2.32. The zero-order chi connectivity index (χ0) is 14.0. The van der Waals surface area contributed by atoms with E-state index in [1.165, 1.54) is 5.56 Å². The van der Waals surface area contributed by atoms with Gasteiger partial charge in [0.1, 0.15) is 0 Å². The number of nitrogens with two attached hydrogens (primary N) is 1. The van der Waals surface area contributed by atoms with Crippen LogP contribution in [0.1, 0.15) is 32.8 Å². The number of carbonyl (C=O) groups excluding carboxylic acids is 1. The standard InChI is InChI=1S/C15H23N3O/c1-15(2,3)17-14(19)10-18-8-4-5-11-9-12(16)6-7-13(11)18/h6-7,9H,4-5,8,10,16H2,1-3H3,(H,17,19). The van der Waals surface area contributed by atoms with Crippen LogP contribution in [0.2, 0.25) is 0 Å². The number of amides is 1. The normalized spacial score (nSPS) is 15.0. The van der Waals surface area contributed by atoms with Gasteiger partial charge in [-0.2, -0.15) is 0 Å². The number of nitrogens with one attached hydrogen (secondary N) is 1. The van der Waals surface area contributed by atoms with Crippen LogP contribution in [-0.4, -0.2) is 24.5 Å². The molecular weight excluding hydrogens is 238 g/mol. The Labute approximate surface area is 115 Å². The molecular formula is C15H23N3O. The largest absolute Gasteiger partial charge is 0.399 e. The summed E-state index contributed by atoms with van der Waals surface area (Å²) in [5.74, 6) is 0.0668. The molecule has 0 unspecified atom stereocenters. The Morgan fingerprint density at radius 3 is 2.84 bits per heavy atom. The highest BCUT2D eigenvalue weighted by atomic mass is 16.2. The summed E-state index contributed by atoms with van der Waals surface area (Å²) >= 11 is 0. The highest BCUT2D eigenvalue weighted by Crippen LogP contribution is 2.28. The third kappa shape index (κ3) is 3.63. The second-order valence-electron chi connectivity index (χ2n) is 6.21. The quantitative estimate of drug-likeness (QED) is 0.800. The maximum Gasteiger partial charge on any atom is 0.239 e. The summed E-state index contributed by atoms with van der Waals surface area (Å²) in [6.45, 7) is 7.32. The predicted molar refractivity (Wildman–Crippen MR) is 79.3 cm³/mol. The number of nitrogens with zero attached hydrogens (tertiary/aromatic N) is 1. The maximum absolute atomic E-state index is 12.0. The van der Waals surface area contributed by atoms with E-state index in [1.807, 2.05) is 39.0 Å². The summed E-state index contributed by atoms with van der Waals surface area (Å²) in [4.78, 5) is 14.2. The summed E-state index contributed by atoms with van der Waals surface area (Å²) in [5.41, 5.74) is 8.81. The molecule has 104 valence electrons. The van der Waals surface area contributed by atoms with E-state index in [0.29, 0.717) is 6.54 Å². The molecule has 2 rings (SSSR count). The van der Waals surface area contributed by atoms with Crippen molar-refractivity contribution in [2.45, 2.75) is 39.2 Å². The van der Waals surface area contributed by atoms with E-state index < -0.39 is 0 Å². The van der Waals surface area contributed by atoms with E-state index in [2.05, 4.69) is 10.2 Å². The van der Waals surface area contributed by atoms with E-state index in [-0.39, 0.29) is 11.4 Å². The van der Waals surface area contributed by atoms with E-state index in [0.717, 1.165) is 30.8 Å². The summed E-state index contributed by atoms with van der Waals surface area (Å²) in [6.07, 6.45) is 2.11. The van der Waals surface area contributed by atoms with E-state index in [9.17, 15) is 4.79 Å². The molecule has 0 saturated carbocycles. The molecule has 0 fully saturated rings. The summed E-state index contributed by atoms with van der Waals surface area (Å²) in [5, 5.41) is 3.00. The monoisotopic (exact) mass is 261 g/mol. The number of anilines is 2. The fraction of sp³-hybridized carbons (Fsp3) is 0.533. The lowest BCUT2D eigenvalue weighted by molar-refractivity contribution is -0.121. The van der Waals surface area contributed by atoms with Gasteiger partial charge in [-0.15, -0.1) is 0 Å². The van der Waals surface area contributed by atoms with Gasteiger partial charge in [-0.25, -0.2) is 0 Å². The highest BCUT2D eigenvalue weighted by molar-refractivity contribution is 5.82. The van der Waals surface area contributed by atoms with Gasteiger partial charge in [0.15, 0.2) is 0 Å². The van der Waals surface area contributed by atoms with Gasteiger partial charge in [-0.05, 0) is 57.4 Å². The van der Waals surface area contributed by atoms with Crippen LogP contribution in [0.3, 0.4) is 0 Å². The fourth-order valence-electron chi connectivity index (χ4n) is 2.49. The lowest BCUT2D eigenvalue weighted by atomic mass is 10.0. The number of hydrogen-bond acceptors (Lipinski definition) is 3. The molecule has 0 atom stereocenters. The Kier molecular flexibility index (Phi) is 3.69. The van der Waals surface area contributed by atoms with Gasteiger partial charge in [-0.1, -0.05) is 0 Å². The Morgan fingerprint density at radius 2 is 2.16 bits per heavy atom. The number of aryl methyl sites for hydroxylation is 1. The zero-order valence-corrected chi connectivity index (χ0v) is 12.0. The second kappa shape index (κ2) is 5.11. The lowest BCUT2D eigenvalue weighted by Crippen LogP contribution is -2.47. The smallest absolute Gasteiger partial charge is 0.239 e. The molecule has 0 aromatic heterocycles. The average Bonchev–Trinajstić information content (AvgIpc) is 2.26. The topological polar surface area (TPSA) is 58.4 Å². The van der Waals surface area contributed by atoms with Crippen LogP contribution in [-0.2, 0) is 11.2 Å². The first-order chi connectivity index (χ1) is 8.85. The number of benzene rings is 1. The average molecular weight is 261 g/mol. The molecule has 4 nitrogen and oxygen atoms in total.